The molecule has 0 nitrogen and oxygen atoms in total. The Morgan fingerprint density at radius 1 is 1.30 bits per heavy atom. The zero-order chi connectivity index (χ0) is 7.40. The summed E-state index contributed by atoms with van der Waals surface area (Å²) in [5, 5.41) is 0. The van der Waals surface area contributed by atoms with Crippen LogP contribution in [0.1, 0.15) is 18.4 Å². The lowest BCUT2D eigenvalue weighted by molar-refractivity contribution is 1.00. The molecular formula is C10H9. The summed E-state index contributed by atoms with van der Waals surface area (Å²) in [6.07, 6.45) is 6.90. The van der Waals surface area contributed by atoms with Crippen molar-refractivity contribution in [3.63, 3.8) is 0 Å². The van der Waals surface area contributed by atoms with E-state index >= 15 is 0 Å². The maximum absolute atomic E-state index is 6.90. The molecule has 0 saturated carbocycles. The van der Waals surface area contributed by atoms with Crippen molar-refractivity contribution < 1.29 is 0 Å². The second-order valence-corrected chi connectivity index (χ2v) is 2.28. The second kappa shape index (κ2) is 3.08. The minimum Gasteiger partial charge on any atom is -0.0812 e. The molecular weight excluding hydrogens is 120 g/mol. The largest absolute Gasteiger partial charge is 0.0812 e. The van der Waals surface area contributed by atoms with Gasteiger partial charge in [0.05, 0.1) is 0 Å². The van der Waals surface area contributed by atoms with Gasteiger partial charge in [-0.2, -0.15) is 0 Å². The summed E-state index contributed by atoms with van der Waals surface area (Å²) < 4.78 is 0. The van der Waals surface area contributed by atoms with Crippen LogP contribution in [-0.4, -0.2) is 0 Å². The molecule has 0 aliphatic carbocycles. The van der Waals surface area contributed by atoms with Gasteiger partial charge in [0.15, 0.2) is 0 Å². The normalized spacial score (nSPS) is 12.0. The van der Waals surface area contributed by atoms with Crippen molar-refractivity contribution in [3.8, 4) is 5.92 Å². The quantitative estimate of drug-likeness (QED) is 0.511. The fraction of sp³-hybridized carbons (Fsp3) is 0.200. The minimum absolute atomic E-state index is 0.126. The molecule has 0 saturated heterocycles. The smallest absolute Gasteiger partial charge is 0.0434 e. The Labute approximate surface area is 61.9 Å². The van der Waals surface area contributed by atoms with Gasteiger partial charge in [0.2, 0.25) is 0 Å². The topological polar surface area (TPSA) is 0 Å². The molecule has 1 radical (unpaired) electrons. The highest BCUT2D eigenvalue weighted by molar-refractivity contribution is 5.23. The van der Waals surface area contributed by atoms with Gasteiger partial charge in [0, 0.05) is 5.92 Å². The molecule has 0 aromatic heterocycles. The van der Waals surface area contributed by atoms with Crippen molar-refractivity contribution in [2.45, 2.75) is 12.8 Å². The van der Waals surface area contributed by atoms with E-state index in [1.54, 1.807) is 0 Å². The third-order valence-corrected chi connectivity index (χ3v) is 1.52. The van der Waals surface area contributed by atoms with Gasteiger partial charge in [-0.05, 0) is 18.9 Å². The molecule has 1 aromatic carbocycles. The van der Waals surface area contributed by atoms with Crippen LogP contribution in [0.2, 0.25) is 0 Å². The first-order valence-electron chi connectivity index (χ1n) is 3.32. The van der Waals surface area contributed by atoms with Crippen LogP contribution in [0.4, 0.5) is 0 Å². The van der Waals surface area contributed by atoms with Crippen molar-refractivity contribution >= 4 is 0 Å². The van der Waals surface area contributed by atoms with Gasteiger partial charge >= 0.3 is 0 Å². The summed E-state index contributed by atoms with van der Waals surface area (Å²) in [5.74, 6) is 2.56. The van der Waals surface area contributed by atoms with Gasteiger partial charge in [0.1, 0.15) is 0 Å². The third-order valence-electron chi connectivity index (χ3n) is 1.52. The monoisotopic (exact) mass is 129 g/mol. The van der Waals surface area contributed by atoms with Gasteiger partial charge in [-0.25, -0.2) is 0 Å². The van der Waals surface area contributed by atoms with Crippen LogP contribution < -0.4 is 0 Å². The molecule has 10 heavy (non-hydrogen) atoms. The summed E-state index contributed by atoms with van der Waals surface area (Å²) in [7, 11) is 0. The van der Waals surface area contributed by atoms with E-state index in [0.717, 1.165) is 5.56 Å². The van der Waals surface area contributed by atoms with Gasteiger partial charge in [0.25, 0.3) is 0 Å². The Morgan fingerprint density at radius 3 is 2.40 bits per heavy atom. The van der Waals surface area contributed by atoms with E-state index in [2.05, 4.69) is 5.92 Å². The van der Waals surface area contributed by atoms with E-state index in [4.69, 9.17) is 6.42 Å². The van der Waals surface area contributed by atoms with Crippen LogP contribution in [0.5, 0.6) is 0 Å². The zero-order valence-electron chi connectivity index (χ0n) is 5.96. The second-order valence-electron chi connectivity index (χ2n) is 2.28. The van der Waals surface area contributed by atoms with Crippen LogP contribution in [0.25, 0.3) is 0 Å². The molecule has 1 aromatic rings. The number of rotatable bonds is 1. The predicted octanol–water partition coefficient (Wildman–Crippen LogP) is 2.38. The fourth-order valence-corrected chi connectivity index (χ4v) is 0.825. The molecule has 49 valence electrons. The van der Waals surface area contributed by atoms with Crippen LogP contribution >= 0.6 is 0 Å². The summed E-state index contributed by atoms with van der Waals surface area (Å²) in [6, 6.07) is 9.94. The molecule has 0 bridgehead atoms. The summed E-state index contributed by atoms with van der Waals surface area (Å²) >= 11 is 0. The molecule has 0 heterocycles. The summed E-state index contributed by atoms with van der Waals surface area (Å²) in [4.78, 5) is 0. The summed E-state index contributed by atoms with van der Waals surface area (Å²) in [5.41, 5.74) is 1.15. The van der Waals surface area contributed by atoms with Gasteiger partial charge in [-0.3, -0.25) is 0 Å². The van der Waals surface area contributed by atoms with Crippen LogP contribution in [0.3, 0.4) is 0 Å². The average Bonchev–Trinajstić information content (AvgIpc) is 2.05. The van der Waals surface area contributed by atoms with Crippen molar-refractivity contribution in [1.82, 2.24) is 0 Å². The number of hydrogen-bond donors (Lipinski definition) is 0. The average molecular weight is 129 g/mol. The van der Waals surface area contributed by atoms with Gasteiger partial charge in [-0.1, -0.05) is 36.3 Å². The molecule has 0 aliphatic heterocycles. The molecule has 0 amide bonds. The van der Waals surface area contributed by atoms with Crippen molar-refractivity contribution in [1.29, 1.82) is 0 Å². The van der Waals surface area contributed by atoms with E-state index in [1.807, 2.05) is 37.3 Å². The molecule has 0 N–H and O–H groups in total. The first kappa shape index (κ1) is 6.89. The Bertz CT molecular complexity index is 228. The molecule has 1 rings (SSSR count). The van der Waals surface area contributed by atoms with Crippen LogP contribution in [0.15, 0.2) is 30.3 Å². The van der Waals surface area contributed by atoms with E-state index in [1.165, 1.54) is 0 Å². The van der Waals surface area contributed by atoms with Crippen molar-refractivity contribution in [2.75, 3.05) is 0 Å². The first-order chi connectivity index (χ1) is 4.84. The van der Waals surface area contributed by atoms with Gasteiger partial charge in [-0.15, -0.1) is 0 Å². The SMILES string of the molecule is [C]#CC(C)c1ccccc1. The predicted molar refractivity (Wildman–Crippen MR) is 42.0 cm³/mol. The zero-order valence-corrected chi connectivity index (χ0v) is 5.96. The minimum atomic E-state index is 0.126. The Balaban J connectivity index is 2.88. The molecule has 1 atom stereocenters. The Kier molecular flexibility index (Phi) is 2.12. The maximum atomic E-state index is 6.90. The van der Waals surface area contributed by atoms with Crippen molar-refractivity contribution in [3.05, 3.63) is 42.3 Å². The van der Waals surface area contributed by atoms with E-state index in [-0.39, 0.29) is 5.92 Å². The fourth-order valence-electron chi connectivity index (χ4n) is 0.825. The maximum Gasteiger partial charge on any atom is 0.0434 e. The highest BCUT2D eigenvalue weighted by Gasteiger charge is 1.97. The lowest BCUT2D eigenvalue weighted by Crippen LogP contribution is -1.86. The highest BCUT2D eigenvalue weighted by atomic mass is 14.0. The van der Waals surface area contributed by atoms with Crippen LogP contribution in [0, 0.1) is 12.3 Å². The molecule has 0 heteroatoms. The molecule has 1 unspecified atom stereocenters. The Morgan fingerprint density at radius 2 is 1.90 bits per heavy atom. The molecule has 0 aliphatic rings. The Hall–Kier alpha value is -1.22. The van der Waals surface area contributed by atoms with Crippen molar-refractivity contribution in [2.24, 2.45) is 0 Å². The van der Waals surface area contributed by atoms with E-state index < -0.39 is 0 Å². The molecule has 0 spiro atoms. The lowest BCUT2D eigenvalue weighted by Gasteiger charge is -2.00. The highest BCUT2D eigenvalue weighted by Crippen LogP contribution is 2.11. The number of hydrogen-bond acceptors (Lipinski definition) is 0. The summed E-state index contributed by atoms with van der Waals surface area (Å²) in [6.45, 7) is 1.96. The van der Waals surface area contributed by atoms with E-state index in [0.29, 0.717) is 0 Å². The van der Waals surface area contributed by atoms with Crippen LogP contribution in [-0.2, 0) is 0 Å². The standard InChI is InChI=1S/C10H9/c1-3-9(2)10-7-5-4-6-8-10/h4-9H,2H3. The lowest BCUT2D eigenvalue weighted by atomic mass is 10.0. The van der Waals surface area contributed by atoms with Gasteiger partial charge < -0.3 is 0 Å². The first-order valence-corrected chi connectivity index (χ1v) is 3.32. The number of benzene rings is 1. The van der Waals surface area contributed by atoms with E-state index in [9.17, 15) is 0 Å². The molecule has 0 fully saturated rings. The third kappa shape index (κ3) is 1.39.